The fraction of sp³-hybridized carbons (Fsp3) is 0.667. The van der Waals surface area contributed by atoms with Gasteiger partial charge in [-0.2, -0.15) is 0 Å². The second kappa shape index (κ2) is 5.16. The highest BCUT2D eigenvalue weighted by atomic mass is 16.5. The largest absolute Gasteiger partial charge is 0.374 e. The molecule has 1 saturated heterocycles. The van der Waals surface area contributed by atoms with Gasteiger partial charge >= 0.3 is 0 Å². The number of nitrogens with one attached hydrogen (secondary N) is 1. The number of benzene rings is 1. The Morgan fingerprint density at radius 2 is 1.80 bits per heavy atom. The van der Waals surface area contributed by atoms with Gasteiger partial charge in [-0.1, -0.05) is 38.1 Å². The molecule has 0 aromatic heterocycles. The summed E-state index contributed by atoms with van der Waals surface area (Å²) < 4.78 is 6.04. The van der Waals surface area contributed by atoms with Crippen LogP contribution in [0.3, 0.4) is 0 Å². The summed E-state index contributed by atoms with van der Waals surface area (Å²) in [6, 6.07) is 9.05. The lowest BCUT2D eigenvalue weighted by Crippen LogP contribution is -2.56. The van der Waals surface area contributed by atoms with Crippen molar-refractivity contribution < 1.29 is 4.74 Å². The smallest absolute Gasteiger partial charge is 0.0928 e. The van der Waals surface area contributed by atoms with Gasteiger partial charge in [0, 0.05) is 20.2 Å². The monoisotopic (exact) mass is 273 g/mol. The van der Waals surface area contributed by atoms with Crippen LogP contribution >= 0.6 is 0 Å². The first-order valence-corrected chi connectivity index (χ1v) is 7.96. The van der Waals surface area contributed by atoms with Crippen LogP contribution in [-0.2, 0) is 10.3 Å². The number of hydrogen-bond acceptors (Lipinski definition) is 2. The molecule has 0 unspecified atom stereocenters. The van der Waals surface area contributed by atoms with E-state index in [1.54, 1.807) is 0 Å². The van der Waals surface area contributed by atoms with Crippen LogP contribution in [0.4, 0.5) is 0 Å². The van der Waals surface area contributed by atoms with Crippen LogP contribution in [0.5, 0.6) is 0 Å². The van der Waals surface area contributed by atoms with Gasteiger partial charge in [0.1, 0.15) is 0 Å². The molecule has 0 bridgehead atoms. The topological polar surface area (TPSA) is 21.3 Å². The summed E-state index contributed by atoms with van der Waals surface area (Å²) in [5.41, 5.74) is 3.33. The first kappa shape index (κ1) is 14.1. The highest BCUT2D eigenvalue weighted by Gasteiger charge is 2.46. The van der Waals surface area contributed by atoms with E-state index < -0.39 is 0 Å². The number of methoxy groups -OCH3 is 1. The first-order chi connectivity index (χ1) is 9.59. The van der Waals surface area contributed by atoms with Crippen LogP contribution in [-0.4, -0.2) is 20.2 Å². The summed E-state index contributed by atoms with van der Waals surface area (Å²) in [5, 5.41) is 3.44. The van der Waals surface area contributed by atoms with Gasteiger partial charge in [-0.15, -0.1) is 0 Å². The zero-order valence-electron chi connectivity index (χ0n) is 13.0. The van der Waals surface area contributed by atoms with E-state index in [1.807, 2.05) is 7.11 Å². The van der Waals surface area contributed by atoms with Gasteiger partial charge in [0.25, 0.3) is 0 Å². The van der Waals surface area contributed by atoms with Crippen molar-refractivity contribution in [1.29, 1.82) is 0 Å². The van der Waals surface area contributed by atoms with E-state index in [-0.39, 0.29) is 5.60 Å². The molecule has 2 nitrogen and oxygen atoms in total. The van der Waals surface area contributed by atoms with Gasteiger partial charge in [-0.25, -0.2) is 0 Å². The van der Waals surface area contributed by atoms with Crippen LogP contribution in [0.25, 0.3) is 0 Å². The van der Waals surface area contributed by atoms with Gasteiger partial charge in [0.05, 0.1) is 5.60 Å². The Labute approximate surface area is 122 Å². The third kappa shape index (κ3) is 2.29. The molecule has 0 amide bonds. The van der Waals surface area contributed by atoms with Crippen molar-refractivity contribution in [2.24, 2.45) is 5.41 Å². The third-order valence-corrected chi connectivity index (χ3v) is 5.59. The zero-order valence-corrected chi connectivity index (χ0v) is 13.0. The Kier molecular flexibility index (Phi) is 3.64. The molecular weight excluding hydrogens is 246 g/mol. The molecule has 1 spiro atoms. The molecule has 1 saturated carbocycles. The molecule has 0 radical (unpaired) electrons. The normalized spacial score (nSPS) is 23.8. The quantitative estimate of drug-likeness (QED) is 0.904. The summed E-state index contributed by atoms with van der Waals surface area (Å²) in [6.45, 7) is 6.93. The van der Waals surface area contributed by atoms with Crippen LogP contribution in [0.1, 0.15) is 56.6 Å². The molecule has 2 fully saturated rings. The lowest BCUT2D eigenvalue weighted by atomic mass is 9.64. The van der Waals surface area contributed by atoms with Crippen molar-refractivity contribution in [2.45, 2.75) is 51.0 Å². The number of hydrogen-bond donors (Lipinski definition) is 1. The minimum absolute atomic E-state index is 0.0499. The number of rotatable bonds is 3. The molecule has 0 atom stereocenters. The second-order valence-electron chi connectivity index (χ2n) is 7.08. The molecule has 1 heterocycles. The predicted molar refractivity (Wildman–Crippen MR) is 83.0 cm³/mol. The minimum Gasteiger partial charge on any atom is -0.374 e. The lowest BCUT2D eigenvalue weighted by molar-refractivity contribution is -0.0828. The summed E-state index contributed by atoms with van der Waals surface area (Å²) in [7, 11) is 1.89. The molecule has 1 N–H and O–H groups in total. The van der Waals surface area contributed by atoms with E-state index in [2.05, 4.69) is 43.4 Å². The van der Waals surface area contributed by atoms with Crippen molar-refractivity contribution in [3.8, 4) is 0 Å². The van der Waals surface area contributed by atoms with E-state index in [0.717, 1.165) is 12.8 Å². The average molecular weight is 273 g/mol. The van der Waals surface area contributed by atoms with E-state index in [9.17, 15) is 0 Å². The Hall–Kier alpha value is -0.860. The van der Waals surface area contributed by atoms with Crippen LogP contribution in [0.2, 0.25) is 0 Å². The van der Waals surface area contributed by atoms with Gasteiger partial charge < -0.3 is 10.1 Å². The summed E-state index contributed by atoms with van der Waals surface area (Å²) in [5.74, 6) is 0.578. The first-order valence-electron chi connectivity index (χ1n) is 7.96. The van der Waals surface area contributed by atoms with E-state index in [1.165, 1.54) is 37.1 Å². The van der Waals surface area contributed by atoms with E-state index in [0.29, 0.717) is 11.3 Å². The van der Waals surface area contributed by atoms with E-state index >= 15 is 0 Å². The summed E-state index contributed by atoms with van der Waals surface area (Å²) >= 11 is 0. The minimum atomic E-state index is -0.0499. The van der Waals surface area contributed by atoms with Gasteiger partial charge in [-0.05, 0) is 48.1 Å². The maximum atomic E-state index is 6.04. The highest BCUT2D eigenvalue weighted by molar-refractivity contribution is 5.31. The summed E-state index contributed by atoms with van der Waals surface area (Å²) in [6.07, 6.45) is 4.90. The van der Waals surface area contributed by atoms with Crippen molar-refractivity contribution in [3.63, 3.8) is 0 Å². The molecule has 3 rings (SSSR count). The molecule has 1 aliphatic heterocycles. The van der Waals surface area contributed by atoms with Crippen molar-refractivity contribution in [3.05, 3.63) is 35.4 Å². The second-order valence-corrected chi connectivity index (χ2v) is 7.08. The Balaban J connectivity index is 1.84. The summed E-state index contributed by atoms with van der Waals surface area (Å²) in [4.78, 5) is 0. The highest BCUT2D eigenvalue weighted by Crippen LogP contribution is 2.49. The van der Waals surface area contributed by atoms with Crippen molar-refractivity contribution in [2.75, 3.05) is 20.2 Å². The van der Waals surface area contributed by atoms with Crippen LogP contribution in [0, 0.1) is 5.41 Å². The molecular formula is C18H27NO. The fourth-order valence-corrected chi connectivity index (χ4v) is 3.81. The maximum absolute atomic E-state index is 6.04. The third-order valence-electron chi connectivity index (χ3n) is 5.59. The van der Waals surface area contributed by atoms with Gasteiger partial charge in [0.15, 0.2) is 0 Å². The van der Waals surface area contributed by atoms with E-state index in [4.69, 9.17) is 4.74 Å². The SMILES string of the molecule is COC1(c2cccc(C(C)C)c2)CCC2(CC1)CNC2. The Bertz CT molecular complexity index is 466. The lowest BCUT2D eigenvalue weighted by Gasteiger charge is -2.51. The van der Waals surface area contributed by atoms with Crippen molar-refractivity contribution in [1.82, 2.24) is 5.32 Å². The van der Waals surface area contributed by atoms with Crippen LogP contribution < -0.4 is 5.32 Å². The Morgan fingerprint density at radius 3 is 2.30 bits per heavy atom. The predicted octanol–water partition coefficient (Wildman–Crippen LogP) is 3.82. The molecule has 1 aromatic rings. The van der Waals surface area contributed by atoms with Crippen LogP contribution in [0.15, 0.2) is 24.3 Å². The average Bonchev–Trinajstić information content (AvgIpc) is 2.46. The Morgan fingerprint density at radius 1 is 1.10 bits per heavy atom. The van der Waals surface area contributed by atoms with Gasteiger partial charge in [0.2, 0.25) is 0 Å². The molecule has 2 heteroatoms. The zero-order chi connectivity index (χ0) is 14.2. The van der Waals surface area contributed by atoms with Crippen molar-refractivity contribution >= 4 is 0 Å². The fourth-order valence-electron chi connectivity index (χ4n) is 3.81. The molecule has 1 aromatic carbocycles. The number of ether oxygens (including phenoxy) is 1. The standard InChI is InChI=1S/C18H27NO/c1-14(2)15-5-4-6-16(11-15)18(20-3)9-7-17(8-10-18)12-19-13-17/h4-6,11,14,19H,7-10,12-13H2,1-3H3. The van der Waals surface area contributed by atoms with Gasteiger partial charge in [-0.3, -0.25) is 0 Å². The maximum Gasteiger partial charge on any atom is 0.0928 e. The molecule has 110 valence electrons. The molecule has 1 aliphatic carbocycles. The molecule has 20 heavy (non-hydrogen) atoms. The molecule has 2 aliphatic rings.